The van der Waals surface area contributed by atoms with Crippen molar-refractivity contribution in [3.05, 3.63) is 82.2 Å². The third kappa shape index (κ3) is 5.10. The molecule has 7 nitrogen and oxygen atoms in total. The van der Waals surface area contributed by atoms with E-state index in [1.807, 2.05) is 43.3 Å². The van der Waals surface area contributed by atoms with Crippen LogP contribution in [0.1, 0.15) is 75.3 Å². The lowest BCUT2D eigenvalue weighted by atomic mass is 9.71. The van der Waals surface area contributed by atoms with Crippen molar-refractivity contribution in [2.24, 2.45) is 0 Å². The van der Waals surface area contributed by atoms with E-state index in [9.17, 15) is 14.4 Å². The Bertz CT molecular complexity index is 1320. The van der Waals surface area contributed by atoms with Crippen molar-refractivity contribution in [3.63, 3.8) is 0 Å². The average Bonchev–Trinajstić information content (AvgIpc) is 3.40. The van der Waals surface area contributed by atoms with Crippen molar-refractivity contribution in [2.75, 3.05) is 7.11 Å². The minimum Gasteiger partial charge on any atom is -0.496 e. The van der Waals surface area contributed by atoms with Gasteiger partial charge in [-0.25, -0.2) is 4.79 Å². The van der Waals surface area contributed by atoms with E-state index in [4.69, 9.17) is 14.2 Å². The van der Waals surface area contributed by atoms with E-state index < -0.39 is 11.9 Å². The summed E-state index contributed by atoms with van der Waals surface area (Å²) in [7, 11) is 1.64. The number of benzene rings is 2. The van der Waals surface area contributed by atoms with Gasteiger partial charge in [-0.3, -0.25) is 9.59 Å². The minimum atomic E-state index is -0.572. The van der Waals surface area contributed by atoms with Crippen LogP contribution in [0.4, 0.5) is 0 Å². The molecule has 0 saturated heterocycles. The number of nitrogens with one attached hydrogen (secondary N) is 1. The van der Waals surface area contributed by atoms with Crippen molar-refractivity contribution in [2.45, 2.75) is 70.3 Å². The quantitative estimate of drug-likeness (QED) is 0.403. The Hall–Kier alpha value is -3.87. The number of carbonyl (C=O) groups is 3. The van der Waals surface area contributed by atoms with Crippen molar-refractivity contribution < 1.29 is 28.6 Å². The van der Waals surface area contributed by atoms with Crippen LogP contribution in [-0.2, 0) is 19.1 Å². The SMILES string of the molecule is COc1ccccc1C1CC(=O)C2=C(C1)NC(C)=C(C(=O)OC1CCCC1)C2c1ccc(OC(C)=O)cc1. The zero-order valence-corrected chi connectivity index (χ0v) is 22.0. The van der Waals surface area contributed by atoms with Gasteiger partial charge in [0.15, 0.2) is 5.78 Å². The van der Waals surface area contributed by atoms with E-state index in [1.54, 1.807) is 19.2 Å². The molecule has 2 aliphatic carbocycles. The summed E-state index contributed by atoms with van der Waals surface area (Å²) in [6.45, 7) is 3.21. The molecule has 1 fully saturated rings. The Morgan fingerprint density at radius 3 is 2.37 bits per heavy atom. The summed E-state index contributed by atoms with van der Waals surface area (Å²) >= 11 is 0. The Morgan fingerprint density at radius 1 is 0.974 bits per heavy atom. The monoisotopic (exact) mass is 515 g/mol. The highest BCUT2D eigenvalue weighted by molar-refractivity contribution is 6.04. The number of hydrogen-bond acceptors (Lipinski definition) is 7. The molecule has 0 spiro atoms. The van der Waals surface area contributed by atoms with Crippen molar-refractivity contribution in [1.82, 2.24) is 5.32 Å². The topological polar surface area (TPSA) is 90.9 Å². The molecule has 0 radical (unpaired) electrons. The van der Waals surface area contributed by atoms with Crippen LogP contribution < -0.4 is 14.8 Å². The second-order valence-corrected chi connectivity index (χ2v) is 10.2. The van der Waals surface area contributed by atoms with Gasteiger partial charge in [0.2, 0.25) is 0 Å². The Balaban J connectivity index is 1.54. The van der Waals surface area contributed by atoms with Crippen LogP contribution in [0.5, 0.6) is 11.5 Å². The number of allylic oxidation sites excluding steroid dienone is 3. The lowest BCUT2D eigenvalue weighted by Gasteiger charge is -2.37. The highest BCUT2D eigenvalue weighted by Crippen LogP contribution is 2.47. The highest BCUT2D eigenvalue weighted by Gasteiger charge is 2.42. The molecule has 1 N–H and O–H groups in total. The van der Waals surface area contributed by atoms with E-state index in [0.29, 0.717) is 35.4 Å². The number of methoxy groups -OCH3 is 1. The van der Waals surface area contributed by atoms with Crippen LogP contribution >= 0.6 is 0 Å². The predicted molar refractivity (Wildman–Crippen MR) is 142 cm³/mol. The van der Waals surface area contributed by atoms with Gasteiger partial charge in [-0.2, -0.15) is 0 Å². The van der Waals surface area contributed by atoms with E-state index in [-0.39, 0.29) is 23.8 Å². The predicted octanol–water partition coefficient (Wildman–Crippen LogP) is 5.47. The Kier molecular flexibility index (Phi) is 7.36. The van der Waals surface area contributed by atoms with Gasteiger partial charge >= 0.3 is 11.9 Å². The standard InChI is InChI=1S/C31H33NO6/c1-18-28(31(35)38-22-8-4-5-9-22)29(20-12-14-23(15-13-20)37-19(2)33)30-25(32-18)16-21(17-26(30)34)24-10-6-7-11-27(24)36-3/h6-7,10-15,21-22,29,32H,4-5,8-9,16-17H2,1-3H3. The summed E-state index contributed by atoms with van der Waals surface area (Å²) in [4.78, 5) is 38.8. The first-order valence-electron chi connectivity index (χ1n) is 13.2. The number of esters is 2. The van der Waals surface area contributed by atoms with Gasteiger partial charge in [-0.05, 0) is 68.4 Å². The first-order chi connectivity index (χ1) is 18.4. The molecule has 0 amide bonds. The second-order valence-electron chi connectivity index (χ2n) is 10.2. The zero-order valence-electron chi connectivity index (χ0n) is 22.0. The van der Waals surface area contributed by atoms with Gasteiger partial charge < -0.3 is 19.5 Å². The number of carbonyl (C=O) groups excluding carboxylic acids is 3. The molecule has 2 atom stereocenters. The van der Waals surface area contributed by atoms with E-state index >= 15 is 0 Å². The van der Waals surface area contributed by atoms with Crippen LogP contribution in [0.3, 0.4) is 0 Å². The molecule has 3 aliphatic rings. The molecule has 198 valence electrons. The lowest BCUT2D eigenvalue weighted by molar-refractivity contribution is -0.144. The Morgan fingerprint density at radius 2 is 1.68 bits per heavy atom. The summed E-state index contributed by atoms with van der Waals surface area (Å²) in [5.41, 5.74) is 4.33. The van der Waals surface area contributed by atoms with Crippen LogP contribution in [0.2, 0.25) is 0 Å². The first kappa shape index (κ1) is 25.8. The summed E-state index contributed by atoms with van der Waals surface area (Å²) < 4.78 is 16.7. The summed E-state index contributed by atoms with van der Waals surface area (Å²) in [5, 5.41) is 3.41. The number of para-hydroxylation sites is 1. The largest absolute Gasteiger partial charge is 0.496 e. The summed E-state index contributed by atoms with van der Waals surface area (Å²) in [6.07, 6.45) is 4.66. The van der Waals surface area contributed by atoms with Crippen LogP contribution in [0.15, 0.2) is 71.1 Å². The molecule has 1 saturated carbocycles. The molecule has 2 aromatic carbocycles. The lowest BCUT2D eigenvalue weighted by Crippen LogP contribution is -2.36. The Labute approximate surface area is 222 Å². The molecular weight excluding hydrogens is 482 g/mol. The van der Waals surface area contributed by atoms with Crippen LogP contribution in [0, 0.1) is 0 Å². The van der Waals surface area contributed by atoms with Crippen LogP contribution in [-0.4, -0.2) is 30.9 Å². The number of ketones is 1. The molecule has 5 rings (SSSR count). The van der Waals surface area contributed by atoms with Gasteiger partial charge in [0.25, 0.3) is 0 Å². The van der Waals surface area contributed by atoms with E-state index in [1.165, 1.54) is 6.92 Å². The number of dihydropyridines is 1. The molecule has 7 heteroatoms. The van der Waals surface area contributed by atoms with Crippen molar-refractivity contribution in [3.8, 4) is 11.5 Å². The van der Waals surface area contributed by atoms with Gasteiger partial charge in [0, 0.05) is 42.1 Å². The molecule has 2 aromatic rings. The number of hydrogen-bond donors (Lipinski definition) is 1. The second kappa shape index (κ2) is 10.9. The zero-order chi connectivity index (χ0) is 26.8. The fourth-order valence-corrected chi connectivity index (χ4v) is 5.98. The van der Waals surface area contributed by atoms with Crippen molar-refractivity contribution in [1.29, 1.82) is 0 Å². The molecule has 0 bridgehead atoms. The molecule has 0 aromatic heterocycles. The third-order valence-corrected chi connectivity index (χ3v) is 7.68. The van der Waals surface area contributed by atoms with E-state index in [0.717, 1.165) is 48.3 Å². The van der Waals surface area contributed by atoms with E-state index in [2.05, 4.69) is 5.32 Å². The number of ether oxygens (including phenoxy) is 3. The fraction of sp³-hybridized carbons (Fsp3) is 0.387. The van der Waals surface area contributed by atoms with Gasteiger partial charge in [-0.1, -0.05) is 30.3 Å². The summed E-state index contributed by atoms with van der Waals surface area (Å²) in [6, 6.07) is 14.8. The van der Waals surface area contributed by atoms with Gasteiger partial charge in [0.05, 0.1) is 12.7 Å². The fourth-order valence-electron chi connectivity index (χ4n) is 5.98. The number of rotatable bonds is 6. The third-order valence-electron chi connectivity index (χ3n) is 7.68. The average molecular weight is 516 g/mol. The summed E-state index contributed by atoms with van der Waals surface area (Å²) in [5.74, 6) is -0.257. The smallest absolute Gasteiger partial charge is 0.337 e. The number of Topliss-reactive ketones (excluding diaryl/α,β-unsaturated/α-hetero) is 1. The molecule has 2 unspecified atom stereocenters. The van der Waals surface area contributed by atoms with Crippen molar-refractivity contribution >= 4 is 17.7 Å². The minimum absolute atomic E-state index is 0.0117. The molecular formula is C31H33NO6. The molecule has 1 heterocycles. The maximum atomic E-state index is 13.8. The van der Waals surface area contributed by atoms with Gasteiger partial charge in [-0.15, -0.1) is 0 Å². The molecule has 1 aliphatic heterocycles. The normalized spacial score (nSPS) is 21.6. The maximum Gasteiger partial charge on any atom is 0.337 e. The van der Waals surface area contributed by atoms with Crippen LogP contribution in [0.25, 0.3) is 0 Å². The highest BCUT2D eigenvalue weighted by atomic mass is 16.5. The molecule has 38 heavy (non-hydrogen) atoms. The first-order valence-corrected chi connectivity index (χ1v) is 13.2. The van der Waals surface area contributed by atoms with Gasteiger partial charge in [0.1, 0.15) is 17.6 Å². The maximum absolute atomic E-state index is 13.8.